The van der Waals surface area contributed by atoms with Crippen LogP contribution in [-0.4, -0.2) is 16.5 Å². The molecule has 0 amide bonds. The van der Waals surface area contributed by atoms with Crippen molar-refractivity contribution in [2.45, 2.75) is 13.8 Å². The molecule has 0 atom stereocenters. The first-order valence-electron chi connectivity index (χ1n) is 5.91. The second kappa shape index (κ2) is 6.61. The zero-order valence-corrected chi connectivity index (χ0v) is 14.0. The van der Waals surface area contributed by atoms with Crippen LogP contribution in [-0.2, 0) is 0 Å². The van der Waals surface area contributed by atoms with Gasteiger partial charge in [-0.15, -0.1) is 0 Å². The molecule has 0 saturated heterocycles. The maximum Gasteiger partial charge on any atom is 0.227 e. The van der Waals surface area contributed by atoms with Crippen LogP contribution in [0.3, 0.4) is 0 Å². The Hall–Kier alpha value is -1.04. The number of nitrogens with zero attached hydrogens (tertiary/aromatic N) is 2. The molecule has 1 aromatic heterocycles. The quantitative estimate of drug-likeness (QED) is 0.756. The maximum atomic E-state index is 6.13. The predicted octanol–water partition coefficient (Wildman–Crippen LogP) is 5.08. The van der Waals surface area contributed by atoms with Crippen molar-refractivity contribution in [3.63, 3.8) is 0 Å². The third-order valence-corrected chi connectivity index (χ3v) is 3.93. The smallest absolute Gasteiger partial charge is 0.227 e. The number of ether oxygens (including phenoxy) is 1. The van der Waals surface area contributed by atoms with E-state index in [0.717, 1.165) is 12.1 Å². The van der Waals surface area contributed by atoms with Gasteiger partial charge in [-0.25, -0.2) is 4.98 Å². The van der Waals surface area contributed by atoms with Crippen molar-refractivity contribution >= 4 is 45.1 Å². The number of anilines is 1. The highest BCUT2D eigenvalue weighted by Gasteiger charge is 2.11. The molecule has 0 aliphatic rings. The molecule has 0 fully saturated rings. The highest BCUT2D eigenvalue weighted by molar-refractivity contribution is 9.10. The van der Waals surface area contributed by atoms with Gasteiger partial charge in [-0.2, -0.15) is 4.98 Å². The van der Waals surface area contributed by atoms with Crippen LogP contribution < -0.4 is 10.1 Å². The van der Waals surface area contributed by atoms with Gasteiger partial charge in [0.05, 0.1) is 10.0 Å². The number of rotatable bonds is 4. The summed E-state index contributed by atoms with van der Waals surface area (Å²) in [5, 5.41) is 3.99. The lowest BCUT2D eigenvalue weighted by Crippen LogP contribution is -2.03. The van der Waals surface area contributed by atoms with Gasteiger partial charge in [0, 0.05) is 28.8 Å². The van der Waals surface area contributed by atoms with Crippen LogP contribution >= 0.6 is 39.1 Å². The van der Waals surface area contributed by atoms with Gasteiger partial charge in [0.1, 0.15) is 5.75 Å². The number of nitrogens with one attached hydrogen (secondary N) is 1. The number of benzene rings is 1. The Labute approximate surface area is 135 Å². The highest BCUT2D eigenvalue weighted by atomic mass is 79.9. The molecule has 7 heteroatoms. The Morgan fingerprint density at radius 2 is 2.05 bits per heavy atom. The fourth-order valence-electron chi connectivity index (χ4n) is 1.46. The van der Waals surface area contributed by atoms with E-state index in [9.17, 15) is 0 Å². The molecule has 20 heavy (non-hydrogen) atoms. The predicted molar refractivity (Wildman–Crippen MR) is 85.2 cm³/mol. The van der Waals surface area contributed by atoms with Gasteiger partial charge in [0.25, 0.3) is 0 Å². The summed E-state index contributed by atoms with van der Waals surface area (Å²) in [5.74, 6) is 1.40. The van der Waals surface area contributed by atoms with Gasteiger partial charge in [0.15, 0.2) is 0 Å². The van der Waals surface area contributed by atoms with Gasteiger partial charge < -0.3 is 10.1 Å². The number of hydrogen-bond donors (Lipinski definition) is 1. The van der Waals surface area contributed by atoms with Crippen molar-refractivity contribution in [1.82, 2.24) is 9.97 Å². The van der Waals surface area contributed by atoms with E-state index in [0.29, 0.717) is 32.1 Å². The average Bonchev–Trinajstić information content (AvgIpc) is 2.40. The van der Waals surface area contributed by atoms with E-state index in [1.165, 1.54) is 0 Å². The van der Waals surface area contributed by atoms with E-state index in [-0.39, 0.29) is 0 Å². The molecule has 0 radical (unpaired) electrons. The number of hydrogen-bond acceptors (Lipinski definition) is 4. The Bertz CT molecular complexity index is 637. The summed E-state index contributed by atoms with van der Waals surface area (Å²) in [7, 11) is 0. The Balaban J connectivity index is 2.34. The lowest BCUT2D eigenvalue weighted by atomic mass is 10.3. The summed E-state index contributed by atoms with van der Waals surface area (Å²) >= 11 is 15.5. The normalized spacial score (nSPS) is 10.4. The largest absolute Gasteiger partial charge is 0.437 e. The van der Waals surface area contributed by atoms with E-state index in [4.69, 9.17) is 27.9 Å². The topological polar surface area (TPSA) is 47.0 Å². The molecule has 0 saturated carbocycles. The minimum atomic E-state index is 0.441. The second-order valence-corrected chi connectivity index (χ2v) is 5.68. The van der Waals surface area contributed by atoms with Gasteiger partial charge in [-0.3, -0.25) is 0 Å². The molecule has 2 rings (SSSR count). The Kier molecular flexibility index (Phi) is 5.07. The molecule has 1 N–H and O–H groups in total. The van der Waals surface area contributed by atoms with E-state index in [2.05, 4.69) is 31.2 Å². The van der Waals surface area contributed by atoms with Crippen LogP contribution in [0.1, 0.15) is 12.5 Å². The monoisotopic (exact) mass is 375 g/mol. The molecule has 0 aliphatic carbocycles. The number of halogens is 3. The third-order valence-electron chi connectivity index (χ3n) is 2.44. The van der Waals surface area contributed by atoms with Crippen LogP contribution in [0.2, 0.25) is 10.0 Å². The molecule has 1 aromatic carbocycles. The van der Waals surface area contributed by atoms with E-state index >= 15 is 0 Å². The molecule has 1 heterocycles. The summed E-state index contributed by atoms with van der Waals surface area (Å²) in [6.45, 7) is 4.56. The zero-order valence-electron chi connectivity index (χ0n) is 10.9. The minimum absolute atomic E-state index is 0.441. The first-order valence-corrected chi connectivity index (χ1v) is 7.46. The standard InChI is InChI=1S/C13H12BrCl2N3O/c1-3-17-13-18-6-7(2)12(19-13)20-11-5-9(15)8(14)4-10(11)16/h4-6H,3H2,1-2H3,(H,17,18,19). The number of aryl methyl sites for hydroxylation is 1. The van der Waals surface area contributed by atoms with Crippen molar-refractivity contribution in [3.8, 4) is 11.6 Å². The van der Waals surface area contributed by atoms with E-state index < -0.39 is 0 Å². The SMILES string of the molecule is CCNc1ncc(C)c(Oc2cc(Cl)c(Br)cc2Cl)n1. The minimum Gasteiger partial charge on any atom is -0.437 e. The second-order valence-electron chi connectivity index (χ2n) is 4.01. The Morgan fingerprint density at radius 1 is 1.30 bits per heavy atom. The summed E-state index contributed by atoms with van der Waals surface area (Å²) in [6.07, 6.45) is 1.69. The van der Waals surface area contributed by atoms with Gasteiger partial charge in [-0.05, 0) is 35.8 Å². The lowest BCUT2D eigenvalue weighted by molar-refractivity contribution is 0.458. The first-order chi connectivity index (χ1) is 9.51. The van der Waals surface area contributed by atoms with Crippen molar-refractivity contribution < 1.29 is 4.74 Å². The molecule has 0 aliphatic heterocycles. The van der Waals surface area contributed by atoms with Crippen molar-refractivity contribution in [2.75, 3.05) is 11.9 Å². The summed E-state index contributed by atoms with van der Waals surface area (Å²) in [6, 6.07) is 3.32. The van der Waals surface area contributed by atoms with Crippen LogP contribution in [0, 0.1) is 6.92 Å². The molecular weight excluding hydrogens is 365 g/mol. The Morgan fingerprint density at radius 3 is 2.75 bits per heavy atom. The summed E-state index contributed by atoms with van der Waals surface area (Å²) < 4.78 is 6.45. The lowest BCUT2D eigenvalue weighted by Gasteiger charge is -2.11. The third kappa shape index (κ3) is 3.53. The van der Waals surface area contributed by atoms with Crippen molar-refractivity contribution in [3.05, 3.63) is 38.4 Å². The molecule has 0 spiro atoms. The molecule has 4 nitrogen and oxygen atoms in total. The molecule has 2 aromatic rings. The van der Waals surface area contributed by atoms with Crippen LogP contribution in [0.4, 0.5) is 5.95 Å². The number of aromatic nitrogens is 2. The summed E-state index contributed by atoms with van der Waals surface area (Å²) in [4.78, 5) is 8.45. The van der Waals surface area contributed by atoms with Crippen molar-refractivity contribution in [2.24, 2.45) is 0 Å². The van der Waals surface area contributed by atoms with Crippen molar-refractivity contribution in [1.29, 1.82) is 0 Å². The van der Waals surface area contributed by atoms with Gasteiger partial charge >= 0.3 is 0 Å². The fraction of sp³-hybridized carbons (Fsp3) is 0.231. The van der Waals surface area contributed by atoms with E-state index in [1.54, 1.807) is 18.3 Å². The first kappa shape index (κ1) is 15.4. The van der Waals surface area contributed by atoms with Crippen LogP contribution in [0.5, 0.6) is 11.6 Å². The van der Waals surface area contributed by atoms with E-state index in [1.807, 2.05) is 13.8 Å². The van der Waals surface area contributed by atoms with Gasteiger partial charge in [-0.1, -0.05) is 23.2 Å². The fourth-order valence-corrected chi connectivity index (χ4v) is 2.29. The molecule has 0 unspecified atom stereocenters. The van der Waals surface area contributed by atoms with Gasteiger partial charge in [0.2, 0.25) is 11.8 Å². The van der Waals surface area contributed by atoms with Crippen LogP contribution in [0.25, 0.3) is 0 Å². The molecule has 0 bridgehead atoms. The maximum absolute atomic E-state index is 6.13. The summed E-state index contributed by atoms with van der Waals surface area (Å²) in [5.41, 5.74) is 0.807. The highest BCUT2D eigenvalue weighted by Crippen LogP contribution is 2.36. The zero-order chi connectivity index (χ0) is 14.7. The average molecular weight is 377 g/mol. The molecule has 106 valence electrons. The van der Waals surface area contributed by atoms with Crippen LogP contribution in [0.15, 0.2) is 22.8 Å². The molecular formula is C13H12BrCl2N3O.